The number of aromatic hydroxyl groups is 1. The third-order valence-electron chi connectivity index (χ3n) is 3.16. The highest BCUT2D eigenvalue weighted by Gasteiger charge is 2.18. The van der Waals surface area contributed by atoms with Gasteiger partial charge in [0, 0.05) is 17.8 Å². The SMILES string of the molecule is CCN(C(=O)c1ccc(O)c(Cl)c1)c1ccccc1C. The van der Waals surface area contributed by atoms with E-state index >= 15 is 0 Å². The summed E-state index contributed by atoms with van der Waals surface area (Å²) in [4.78, 5) is 14.3. The van der Waals surface area contributed by atoms with Gasteiger partial charge < -0.3 is 10.0 Å². The summed E-state index contributed by atoms with van der Waals surface area (Å²) in [6.07, 6.45) is 0. The lowest BCUT2D eigenvalue weighted by Crippen LogP contribution is -2.31. The number of aryl methyl sites for hydroxylation is 1. The monoisotopic (exact) mass is 289 g/mol. The molecule has 1 amide bonds. The first-order valence-corrected chi connectivity index (χ1v) is 6.78. The highest BCUT2D eigenvalue weighted by molar-refractivity contribution is 6.32. The second-order valence-corrected chi connectivity index (χ2v) is 4.91. The summed E-state index contributed by atoms with van der Waals surface area (Å²) in [6, 6.07) is 12.2. The number of para-hydroxylation sites is 1. The summed E-state index contributed by atoms with van der Waals surface area (Å²) in [5.74, 6) is -0.161. The molecule has 0 saturated carbocycles. The van der Waals surface area contributed by atoms with Gasteiger partial charge in [-0.25, -0.2) is 0 Å². The number of carbonyl (C=O) groups excluding carboxylic acids is 1. The van der Waals surface area contributed by atoms with Crippen molar-refractivity contribution < 1.29 is 9.90 Å². The number of nitrogens with zero attached hydrogens (tertiary/aromatic N) is 1. The molecule has 2 aromatic carbocycles. The zero-order chi connectivity index (χ0) is 14.7. The number of rotatable bonds is 3. The van der Waals surface area contributed by atoms with Crippen LogP contribution >= 0.6 is 11.6 Å². The molecule has 2 rings (SSSR count). The lowest BCUT2D eigenvalue weighted by atomic mass is 10.1. The first kappa shape index (κ1) is 14.4. The molecule has 0 aliphatic heterocycles. The molecule has 0 fully saturated rings. The van der Waals surface area contributed by atoms with Crippen molar-refractivity contribution in [2.45, 2.75) is 13.8 Å². The van der Waals surface area contributed by atoms with E-state index < -0.39 is 0 Å². The Labute approximate surface area is 123 Å². The number of phenols is 1. The highest BCUT2D eigenvalue weighted by Crippen LogP contribution is 2.26. The molecule has 0 aliphatic carbocycles. The Morgan fingerprint density at radius 2 is 1.95 bits per heavy atom. The second kappa shape index (κ2) is 5.97. The Hall–Kier alpha value is -2.00. The number of benzene rings is 2. The molecule has 3 nitrogen and oxygen atoms in total. The first-order valence-electron chi connectivity index (χ1n) is 6.40. The van der Waals surface area contributed by atoms with Crippen molar-refractivity contribution in [2.24, 2.45) is 0 Å². The smallest absolute Gasteiger partial charge is 0.258 e. The summed E-state index contributed by atoms with van der Waals surface area (Å²) in [5, 5.41) is 9.60. The number of carbonyl (C=O) groups is 1. The quantitative estimate of drug-likeness (QED) is 0.927. The Bertz CT molecular complexity index is 640. The first-order chi connectivity index (χ1) is 9.54. The molecular weight excluding hydrogens is 274 g/mol. The van der Waals surface area contributed by atoms with E-state index in [4.69, 9.17) is 11.6 Å². The molecule has 0 atom stereocenters. The van der Waals surface area contributed by atoms with Crippen LogP contribution in [0.5, 0.6) is 5.75 Å². The molecule has 104 valence electrons. The van der Waals surface area contributed by atoms with Crippen LogP contribution < -0.4 is 4.90 Å². The van der Waals surface area contributed by atoms with Crippen molar-refractivity contribution in [2.75, 3.05) is 11.4 Å². The van der Waals surface area contributed by atoms with Crippen LogP contribution in [0, 0.1) is 6.92 Å². The summed E-state index contributed by atoms with van der Waals surface area (Å²) >= 11 is 5.86. The van der Waals surface area contributed by atoms with Crippen molar-refractivity contribution in [3.05, 3.63) is 58.6 Å². The second-order valence-electron chi connectivity index (χ2n) is 4.50. The zero-order valence-corrected chi connectivity index (χ0v) is 12.2. The van der Waals surface area contributed by atoms with Gasteiger partial charge in [-0.3, -0.25) is 4.79 Å². The third-order valence-corrected chi connectivity index (χ3v) is 3.46. The molecule has 0 aromatic heterocycles. The Morgan fingerprint density at radius 1 is 1.25 bits per heavy atom. The van der Waals surface area contributed by atoms with Gasteiger partial charge in [0.25, 0.3) is 5.91 Å². The van der Waals surface area contributed by atoms with Crippen molar-refractivity contribution >= 4 is 23.2 Å². The fourth-order valence-electron chi connectivity index (χ4n) is 2.09. The lowest BCUT2D eigenvalue weighted by Gasteiger charge is -2.23. The van der Waals surface area contributed by atoms with E-state index in [0.29, 0.717) is 12.1 Å². The number of halogens is 1. The Morgan fingerprint density at radius 3 is 2.55 bits per heavy atom. The van der Waals surface area contributed by atoms with Crippen molar-refractivity contribution in [1.29, 1.82) is 0 Å². The summed E-state index contributed by atoms with van der Waals surface area (Å²) < 4.78 is 0. The maximum atomic E-state index is 12.6. The normalized spacial score (nSPS) is 10.3. The molecule has 0 spiro atoms. The van der Waals surface area contributed by atoms with Gasteiger partial charge in [-0.2, -0.15) is 0 Å². The average molecular weight is 290 g/mol. The van der Waals surface area contributed by atoms with E-state index in [1.54, 1.807) is 11.0 Å². The number of phenolic OH excluding ortho intramolecular Hbond substituents is 1. The van der Waals surface area contributed by atoms with Gasteiger partial charge in [0.15, 0.2) is 0 Å². The molecule has 4 heteroatoms. The van der Waals surface area contributed by atoms with Crippen molar-refractivity contribution in [3.63, 3.8) is 0 Å². The molecule has 0 unspecified atom stereocenters. The highest BCUT2D eigenvalue weighted by atomic mass is 35.5. The van der Waals surface area contributed by atoms with Crippen LogP contribution in [0.15, 0.2) is 42.5 Å². The fourth-order valence-corrected chi connectivity index (χ4v) is 2.27. The average Bonchev–Trinajstić information content (AvgIpc) is 2.44. The molecule has 0 heterocycles. The molecule has 2 aromatic rings. The van der Waals surface area contributed by atoms with Gasteiger partial charge in [-0.05, 0) is 43.7 Å². The minimum atomic E-state index is -0.135. The van der Waals surface area contributed by atoms with Gasteiger partial charge in [-0.1, -0.05) is 29.8 Å². The van der Waals surface area contributed by atoms with Crippen LogP contribution in [-0.4, -0.2) is 17.6 Å². The Balaban J connectivity index is 2.39. The largest absolute Gasteiger partial charge is 0.506 e. The predicted octanol–water partition coefficient (Wildman–Crippen LogP) is 4.02. The van der Waals surface area contributed by atoms with Crippen molar-refractivity contribution in [1.82, 2.24) is 0 Å². The van der Waals surface area contributed by atoms with Crippen molar-refractivity contribution in [3.8, 4) is 5.75 Å². The molecule has 0 radical (unpaired) electrons. The van der Waals surface area contributed by atoms with E-state index in [1.807, 2.05) is 38.1 Å². The van der Waals surface area contributed by atoms with E-state index in [2.05, 4.69) is 0 Å². The van der Waals surface area contributed by atoms with Gasteiger partial charge in [-0.15, -0.1) is 0 Å². The zero-order valence-electron chi connectivity index (χ0n) is 11.4. The maximum absolute atomic E-state index is 12.6. The molecule has 0 saturated heterocycles. The van der Waals surface area contributed by atoms with Gasteiger partial charge in [0.05, 0.1) is 5.02 Å². The maximum Gasteiger partial charge on any atom is 0.258 e. The summed E-state index contributed by atoms with van der Waals surface area (Å²) in [6.45, 7) is 4.45. The summed E-state index contributed by atoms with van der Waals surface area (Å²) in [7, 11) is 0. The molecular formula is C16H16ClNO2. The molecule has 0 aliphatic rings. The van der Waals surface area contributed by atoms with E-state index in [-0.39, 0.29) is 16.7 Å². The van der Waals surface area contributed by atoms with Crippen LogP contribution in [0.4, 0.5) is 5.69 Å². The molecule has 1 N–H and O–H groups in total. The minimum Gasteiger partial charge on any atom is -0.506 e. The van der Waals surface area contributed by atoms with Crippen LogP contribution in [0.1, 0.15) is 22.8 Å². The van der Waals surface area contributed by atoms with Crippen LogP contribution in [0.25, 0.3) is 0 Å². The van der Waals surface area contributed by atoms with E-state index in [0.717, 1.165) is 11.3 Å². The summed E-state index contributed by atoms with van der Waals surface area (Å²) in [5.41, 5.74) is 2.37. The van der Waals surface area contributed by atoms with E-state index in [9.17, 15) is 9.90 Å². The molecule has 20 heavy (non-hydrogen) atoms. The topological polar surface area (TPSA) is 40.5 Å². The standard InChI is InChI=1S/C16H16ClNO2/c1-3-18(14-7-5-4-6-11(14)2)16(20)12-8-9-15(19)13(17)10-12/h4-10,19H,3H2,1-2H3. The Kier molecular flexibility index (Phi) is 4.30. The number of hydrogen-bond acceptors (Lipinski definition) is 2. The predicted molar refractivity (Wildman–Crippen MR) is 81.6 cm³/mol. The fraction of sp³-hybridized carbons (Fsp3) is 0.188. The van der Waals surface area contributed by atoms with Crippen LogP contribution in [-0.2, 0) is 0 Å². The number of hydrogen-bond donors (Lipinski definition) is 1. The van der Waals surface area contributed by atoms with Gasteiger partial charge in [0.1, 0.15) is 5.75 Å². The van der Waals surface area contributed by atoms with Gasteiger partial charge in [0.2, 0.25) is 0 Å². The number of amides is 1. The molecule has 0 bridgehead atoms. The third kappa shape index (κ3) is 2.78. The minimum absolute atomic E-state index is 0.0258. The van der Waals surface area contributed by atoms with Gasteiger partial charge >= 0.3 is 0 Å². The van der Waals surface area contributed by atoms with E-state index in [1.165, 1.54) is 12.1 Å². The van der Waals surface area contributed by atoms with Crippen LogP contribution in [0.2, 0.25) is 5.02 Å². The lowest BCUT2D eigenvalue weighted by molar-refractivity contribution is 0.0988. The van der Waals surface area contributed by atoms with Crippen LogP contribution in [0.3, 0.4) is 0 Å². The number of anilines is 1.